The van der Waals surface area contributed by atoms with Gasteiger partial charge in [0.1, 0.15) is 0 Å². The van der Waals surface area contributed by atoms with Crippen LogP contribution in [-0.2, 0) is 16.0 Å². The summed E-state index contributed by atoms with van der Waals surface area (Å²) < 4.78 is 0. The zero-order valence-electron chi connectivity index (χ0n) is 20.2. The standard InChI is InChI=1S/C28H35N3O3/c1-21(2)20-31-24(17-22-9-5-3-6-10-22)18-28(27(31)34)13-15-30(16-14-28)25(32)19-29-26(33)23-11-7-4-8-12-23/h3-12,21,24H,13-20H2,1-2H3,(H,29,33). The van der Waals surface area contributed by atoms with Gasteiger partial charge in [0.15, 0.2) is 0 Å². The third-order valence-electron chi connectivity index (χ3n) is 7.17. The summed E-state index contributed by atoms with van der Waals surface area (Å²) in [4.78, 5) is 42.5. The quantitative estimate of drug-likeness (QED) is 0.686. The number of benzene rings is 2. The van der Waals surface area contributed by atoms with E-state index in [2.05, 4.69) is 48.3 Å². The van der Waals surface area contributed by atoms with Gasteiger partial charge in [0.05, 0.1) is 12.0 Å². The fourth-order valence-electron chi connectivity index (χ4n) is 5.37. The van der Waals surface area contributed by atoms with Crippen molar-refractivity contribution in [3.8, 4) is 0 Å². The van der Waals surface area contributed by atoms with Crippen LogP contribution >= 0.6 is 0 Å². The average Bonchev–Trinajstić information content (AvgIpc) is 3.08. The van der Waals surface area contributed by atoms with Crippen LogP contribution in [0.5, 0.6) is 0 Å². The molecule has 0 radical (unpaired) electrons. The molecular weight excluding hydrogens is 426 g/mol. The number of nitrogens with zero attached hydrogens (tertiary/aromatic N) is 2. The average molecular weight is 462 g/mol. The van der Waals surface area contributed by atoms with Crippen molar-refractivity contribution >= 4 is 17.7 Å². The number of likely N-dealkylation sites (tertiary alicyclic amines) is 2. The smallest absolute Gasteiger partial charge is 0.251 e. The molecule has 3 amide bonds. The molecular formula is C28H35N3O3. The number of rotatable bonds is 7. The van der Waals surface area contributed by atoms with Gasteiger partial charge in [-0.1, -0.05) is 62.4 Å². The summed E-state index contributed by atoms with van der Waals surface area (Å²) in [5.41, 5.74) is 1.42. The largest absolute Gasteiger partial charge is 0.343 e. The van der Waals surface area contributed by atoms with E-state index in [1.54, 1.807) is 29.2 Å². The van der Waals surface area contributed by atoms with Crippen molar-refractivity contribution in [3.05, 3.63) is 71.8 Å². The van der Waals surface area contributed by atoms with Gasteiger partial charge in [-0.15, -0.1) is 0 Å². The fraction of sp³-hybridized carbons (Fsp3) is 0.464. The minimum absolute atomic E-state index is 0.0230. The molecule has 6 heteroatoms. The Balaban J connectivity index is 1.36. The minimum atomic E-state index is -0.377. The molecule has 34 heavy (non-hydrogen) atoms. The maximum absolute atomic E-state index is 13.6. The number of carbonyl (C=O) groups excluding carboxylic acids is 3. The van der Waals surface area contributed by atoms with Crippen LogP contribution in [0.4, 0.5) is 0 Å². The summed E-state index contributed by atoms with van der Waals surface area (Å²) in [6.07, 6.45) is 3.09. The molecule has 2 aromatic rings. The molecule has 1 N–H and O–H groups in total. The van der Waals surface area contributed by atoms with Crippen molar-refractivity contribution < 1.29 is 14.4 Å². The Hall–Kier alpha value is -3.15. The summed E-state index contributed by atoms with van der Waals surface area (Å²) in [6.45, 7) is 6.17. The first-order chi connectivity index (χ1) is 16.4. The van der Waals surface area contributed by atoms with Crippen LogP contribution < -0.4 is 5.32 Å². The molecule has 4 rings (SSSR count). The van der Waals surface area contributed by atoms with Crippen molar-refractivity contribution in [2.45, 2.75) is 45.6 Å². The Morgan fingerprint density at radius 2 is 1.62 bits per heavy atom. The Morgan fingerprint density at radius 3 is 2.24 bits per heavy atom. The van der Waals surface area contributed by atoms with E-state index in [-0.39, 0.29) is 35.7 Å². The van der Waals surface area contributed by atoms with Crippen molar-refractivity contribution in [1.29, 1.82) is 0 Å². The number of piperidine rings is 1. The zero-order chi connectivity index (χ0) is 24.1. The van der Waals surface area contributed by atoms with E-state index in [0.29, 0.717) is 37.4 Å². The van der Waals surface area contributed by atoms with Crippen molar-refractivity contribution in [2.24, 2.45) is 11.3 Å². The Morgan fingerprint density at radius 1 is 1.00 bits per heavy atom. The SMILES string of the molecule is CC(C)CN1C(=O)C2(CCN(C(=O)CNC(=O)c3ccccc3)CC2)CC1Cc1ccccc1. The number of carbonyl (C=O) groups is 3. The van der Waals surface area contributed by atoms with Crippen molar-refractivity contribution in [2.75, 3.05) is 26.2 Å². The topological polar surface area (TPSA) is 69.7 Å². The van der Waals surface area contributed by atoms with Gasteiger partial charge in [0.2, 0.25) is 11.8 Å². The van der Waals surface area contributed by atoms with Gasteiger partial charge in [-0.25, -0.2) is 0 Å². The Kier molecular flexibility index (Phi) is 7.35. The molecule has 2 saturated heterocycles. The van der Waals surface area contributed by atoms with Crippen molar-refractivity contribution in [1.82, 2.24) is 15.1 Å². The first-order valence-electron chi connectivity index (χ1n) is 12.3. The van der Waals surface area contributed by atoms with Gasteiger partial charge in [-0.3, -0.25) is 14.4 Å². The monoisotopic (exact) mass is 461 g/mol. The van der Waals surface area contributed by atoms with Crippen LogP contribution in [0.15, 0.2) is 60.7 Å². The highest BCUT2D eigenvalue weighted by Crippen LogP contribution is 2.45. The van der Waals surface area contributed by atoms with E-state index in [0.717, 1.165) is 19.4 Å². The molecule has 2 aliphatic heterocycles. The first kappa shape index (κ1) is 24.0. The van der Waals surface area contributed by atoms with E-state index in [1.165, 1.54) is 5.56 Å². The maximum Gasteiger partial charge on any atom is 0.251 e. The summed E-state index contributed by atoms with van der Waals surface area (Å²) >= 11 is 0. The van der Waals surface area contributed by atoms with Gasteiger partial charge in [0.25, 0.3) is 5.91 Å². The molecule has 0 aromatic heterocycles. The van der Waals surface area contributed by atoms with E-state index >= 15 is 0 Å². The van der Waals surface area contributed by atoms with Crippen LogP contribution in [0.3, 0.4) is 0 Å². The lowest BCUT2D eigenvalue weighted by Crippen LogP contribution is -2.49. The molecule has 2 aliphatic rings. The molecule has 0 bridgehead atoms. The van der Waals surface area contributed by atoms with Crippen LogP contribution in [-0.4, -0.2) is 59.7 Å². The molecule has 1 atom stereocenters. The first-order valence-corrected chi connectivity index (χ1v) is 12.3. The fourth-order valence-corrected chi connectivity index (χ4v) is 5.37. The summed E-state index contributed by atoms with van der Waals surface area (Å²) in [5.74, 6) is 0.324. The van der Waals surface area contributed by atoms with E-state index < -0.39 is 0 Å². The second-order valence-electron chi connectivity index (χ2n) is 10.1. The van der Waals surface area contributed by atoms with E-state index in [4.69, 9.17) is 0 Å². The van der Waals surface area contributed by atoms with Gasteiger partial charge in [-0.05, 0) is 49.3 Å². The summed E-state index contributed by atoms with van der Waals surface area (Å²) in [7, 11) is 0. The molecule has 1 unspecified atom stereocenters. The zero-order valence-corrected chi connectivity index (χ0v) is 20.2. The number of hydrogen-bond acceptors (Lipinski definition) is 3. The lowest BCUT2D eigenvalue weighted by molar-refractivity contribution is -0.143. The highest BCUT2D eigenvalue weighted by atomic mass is 16.2. The van der Waals surface area contributed by atoms with Crippen molar-refractivity contribution in [3.63, 3.8) is 0 Å². The Labute approximate surface area is 202 Å². The molecule has 6 nitrogen and oxygen atoms in total. The molecule has 2 heterocycles. The summed E-state index contributed by atoms with van der Waals surface area (Å²) in [6, 6.07) is 19.5. The Bertz CT molecular complexity index is 998. The number of nitrogens with one attached hydrogen (secondary N) is 1. The molecule has 180 valence electrons. The third-order valence-corrected chi connectivity index (χ3v) is 7.17. The van der Waals surface area contributed by atoms with Gasteiger partial charge in [0, 0.05) is 31.2 Å². The molecule has 0 saturated carbocycles. The van der Waals surface area contributed by atoms with E-state index in [1.807, 2.05) is 12.1 Å². The van der Waals surface area contributed by atoms with Gasteiger partial charge >= 0.3 is 0 Å². The summed E-state index contributed by atoms with van der Waals surface area (Å²) in [5, 5.41) is 2.72. The molecule has 2 aromatic carbocycles. The molecule has 0 aliphatic carbocycles. The second-order valence-corrected chi connectivity index (χ2v) is 10.1. The second kappa shape index (κ2) is 10.4. The van der Waals surface area contributed by atoms with Gasteiger partial charge in [-0.2, -0.15) is 0 Å². The van der Waals surface area contributed by atoms with E-state index in [9.17, 15) is 14.4 Å². The lowest BCUT2D eigenvalue weighted by atomic mass is 9.75. The molecule has 1 spiro atoms. The lowest BCUT2D eigenvalue weighted by Gasteiger charge is -2.38. The predicted octanol–water partition coefficient (Wildman–Crippen LogP) is 3.52. The number of hydrogen-bond donors (Lipinski definition) is 1. The third kappa shape index (κ3) is 5.32. The van der Waals surface area contributed by atoms with Gasteiger partial charge < -0.3 is 15.1 Å². The highest BCUT2D eigenvalue weighted by Gasteiger charge is 2.52. The predicted molar refractivity (Wildman–Crippen MR) is 132 cm³/mol. The maximum atomic E-state index is 13.6. The molecule has 2 fully saturated rings. The van der Waals surface area contributed by atoms with Crippen LogP contribution in [0, 0.1) is 11.3 Å². The van der Waals surface area contributed by atoms with Crippen LogP contribution in [0.2, 0.25) is 0 Å². The number of amides is 3. The van der Waals surface area contributed by atoms with Crippen LogP contribution in [0.1, 0.15) is 49.0 Å². The van der Waals surface area contributed by atoms with Crippen LogP contribution in [0.25, 0.3) is 0 Å². The minimum Gasteiger partial charge on any atom is -0.343 e. The normalized spacial score (nSPS) is 19.6. The highest BCUT2D eigenvalue weighted by molar-refractivity contribution is 5.96.